The molecule has 1 aromatic carbocycles. The van der Waals surface area contributed by atoms with Crippen LogP contribution in [0.2, 0.25) is 0 Å². The van der Waals surface area contributed by atoms with E-state index in [9.17, 15) is 0 Å². The van der Waals surface area contributed by atoms with E-state index in [0.29, 0.717) is 6.61 Å². The number of aromatic nitrogens is 1. The van der Waals surface area contributed by atoms with Crippen LogP contribution in [0, 0.1) is 6.92 Å². The van der Waals surface area contributed by atoms with Crippen molar-refractivity contribution in [1.29, 1.82) is 0 Å². The fourth-order valence-electron chi connectivity index (χ4n) is 1.60. The van der Waals surface area contributed by atoms with E-state index in [0.717, 1.165) is 29.1 Å². The molecule has 2 N–H and O–H groups in total. The van der Waals surface area contributed by atoms with Crippen molar-refractivity contribution in [2.24, 2.45) is 0 Å². The molecule has 0 aliphatic heterocycles. The minimum absolute atomic E-state index is 0.612. The molecule has 2 rings (SSSR count). The van der Waals surface area contributed by atoms with Crippen LogP contribution in [0.5, 0.6) is 5.75 Å². The zero-order valence-electron chi connectivity index (χ0n) is 9.89. The van der Waals surface area contributed by atoms with Crippen LogP contribution in [0.25, 0.3) is 0 Å². The van der Waals surface area contributed by atoms with Gasteiger partial charge < -0.3 is 10.5 Å². The minimum Gasteiger partial charge on any atom is -0.493 e. The monoisotopic (exact) mass is 228 g/mol. The van der Waals surface area contributed by atoms with Crippen molar-refractivity contribution in [2.75, 3.05) is 12.3 Å². The minimum atomic E-state index is 0.612. The highest BCUT2D eigenvalue weighted by Crippen LogP contribution is 2.22. The standard InChI is InChI=1S/C14H16N2O/c1-11-13(15)6-4-7-14(11)17-10-8-12-5-2-3-9-16-12/h2-7,9H,8,10,15H2,1H3. The molecule has 3 nitrogen and oxygen atoms in total. The highest BCUT2D eigenvalue weighted by molar-refractivity contribution is 5.53. The Balaban J connectivity index is 1.93. The average Bonchev–Trinajstić information content (AvgIpc) is 2.36. The van der Waals surface area contributed by atoms with E-state index < -0.39 is 0 Å². The second-order valence-electron chi connectivity index (χ2n) is 3.89. The predicted octanol–water partition coefficient (Wildman–Crippen LogP) is 2.59. The molecule has 0 atom stereocenters. The van der Waals surface area contributed by atoms with Gasteiger partial charge in [0, 0.05) is 29.6 Å². The first-order valence-electron chi connectivity index (χ1n) is 5.65. The lowest BCUT2D eigenvalue weighted by molar-refractivity contribution is 0.318. The summed E-state index contributed by atoms with van der Waals surface area (Å²) in [6.07, 6.45) is 2.59. The van der Waals surface area contributed by atoms with Gasteiger partial charge >= 0.3 is 0 Å². The molecule has 0 saturated heterocycles. The number of benzene rings is 1. The van der Waals surface area contributed by atoms with Crippen molar-refractivity contribution >= 4 is 5.69 Å². The topological polar surface area (TPSA) is 48.1 Å². The molecule has 0 aliphatic carbocycles. The summed E-state index contributed by atoms with van der Waals surface area (Å²) in [6.45, 7) is 2.58. The Labute approximate surface area is 101 Å². The predicted molar refractivity (Wildman–Crippen MR) is 69.0 cm³/mol. The van der Waals surface area contributed by atoms with Crippen molar-refractivity contribution in [3.05, 3.63) is 53.9 Å². The lowest BCUT2D eigenvalue weighted by Crippen LogP contribution is -2.04. The highest BCUT2D eigenvalue weighted by atomic mass is 16.5. The van der Waals surface area contributed by atoms with Crippen LogP contribution in [-0.4, -0.2) is 11.6 Å². The van der Waals surface area contributed by atoms with E-state index in [1.54, 1.807) is 6.20 Å². The van der Waals surface area contributed by atoms with Crippen molar-refractivity contribution in [1.82, 2.24) is 4.98 Å². The normalized spacial score (nSPS) is 10.2. The Bertz CT molecular complexity index is 483. The number of hydrogen-bond acceptors (Lipinski definition) is 3. The van der Waals surface area contributed by atoms with Crippen LogP contribution in [0.3, 0.4) is 0 Å². The van der Waals surface area contributed by atoms with Crippen molar-refractivity contribution in [3.63, 3.8) is 0 Å². The lowest BCUT2D eigenvalue weighted by Gasteiger charge is -2.10. The fourth-order valence-corrected chi connectivity index (χ4v) is 1.60. The summed E-state index contributed by atoms with van der Waals surface area (Å²) in [7, 11) is 0. The number of nitrogens with zero attached hydrogens (tertiary/aromatic N) is 1. The van der Waals surface area contributed by atoms with Gasteiger partial charge in [0.1, 0.15) is 5.75 Å². The molecule has 0 unspecified atom stereocenters. The number of ether oxygens (including phenoxy) is 1. The summed E-state index contributed by atoms with van der Waals surface area (Å²) in [5, 5.41) is 0. The number of anilines is 1. The van der Waals surface area contributed by atoms with E-state index in [2.05, 4.69) is 4.98 Å². The molecule has 0 amide bonds. The molecule has 0 aliphatic rings. The van der Waals surface area contributed by atoms with Gasteiger partial charge in [-0.2, -0.15) is 0 Å². The first-order chi connectivity index (χ1) is 8.27. The summed E-state index contributed by atoms with van der Waals surface area (Å²) in [5.41, 5.74) is 8.61. The summed E-state index contributed by atoms with van der Waals surface area (Å²) in [4.78, 5) is 4.25. The van der Waals surface area contributed by atoms with Crippen LogP contribution < -0.4 is 10.5 Å². The molecule has 88 valence electrons. The molecule has 17 heavy (non-hydrogen) atoms. The summed E-state index contributed by atoms with van der Waals surface area (Å²) in [6, 6.07) is 11.6. The van der Waals surface area contributed by atoms with E-state index in [1.807, 2.05) is 43.3 Å². The average molecular weight is 228 g/mol. The van der Waals surface area contributed by atoms with Crippen LogP contribution in [0.4, 0.5) is 5.69 Å². The van der Waals surface area contributed by atoms with Gasteiger partial charge in [-0.3, -0.25) is 4.98 Å². The number of nitrogens with two attached hydrogens (primary N) is 1. The summed E-state index contributed by atoms with van der Waals surface area (Å²) < 4.78 is 5.70. The zero-order valence-corrected chi connectivity index (χ0v) is 9.89. The molecule has 0 radical (unpaired) electrons. The van der Waals surface area contributed by atoms with Gasteiger partial charge in [0.25, 0.3) is 0 Å². The second-order valence-corrected chi connectivity index (χ2v) is 3.89. The third kappa shape index (κ3) is 2.97. The molecule has 1 heterocycles. The molecule has 0 fully saturated rings. The summed E-state index contributed by atoms with van der Waals surface area (Å²) in [5.74, 6) is 0.848. The Morgan fingerprint density at radius 2 is 2.06 bits per heavy atom. The van der Waals surface area contributed by atoms with Crippen LogP contribution in [0.15, 0.2) is 42.6 Å². The highest BCUT2D eigenvalue weighted by Gasteiger charge is 2.02. The maximum absolute atomic E-state index is 5.81. The number of nitrogen functional groups attached to an aromatic ring is 1. The van der Waals surface area contributed by atoms with Crippen molar-refractivity contribution in [3.8, 4) is 5.75 Å². The van der Waals surface area contributed by atoms with E-state index in [1.165, 1.54) is 0 Å². The van der Waals surface area contributed by atoms with Crippen LogP contribution in [0.1, 0.15) is 11.3 Å². The Hall–Kier alpha value is -2.03. The van der Waals surface area contributed by atoms with Crippen LogP contribution in [-0.2, 0) is 6.42 Å². The van der Waals surface area contributed by atoms with Gasteiger partial charge in [0.15, 0.2) is 0 Å². The van der Waals surface area contributed by atoms with E-state index in [4.69, 9.17) is 10.5 Å². The Morgan fingerprint density at radius 3 is 2.82 bits per heavy atom. The second kappa shape index (κ2) is 5.34. The summed E-state index contributed by atoms with van der Waals surface area (Å²) >= 11 is 0. The largest absolute Gasteiger partial charge is 0.493 e. The van der Waals surface area contributed by atoms with E-state index in [-0.39, 0.29) is 0 Å². The van der Waals surface area contributed by atoms with Gasteiger partial charge in [-0.1, -0.05) is 12.1 Å². The molecule has 0 saturated carbocycles. The smallest absolute Gasteiger partial charge is 0.124 e. The molecule has 2 aromatic rings. The Kier molecular flexibility index (Phi) is 3.60. The first-order valence-corrected chi connectivity index (χ1v) is 5.65. The molecular weight excluding hydrogens is 212 g/mol. The molecule has 3 heteroatoms. The number of hydrogen-bond donors (Lipinski definition) is 1. The molecule has 0 bridgehead atoms. The fraction of sp³-hybridized carbons (Fsp3) is 0.214. The van der Waals surface area contributed by atoms with Crippen molar-refractivity contribution < 1.29 is 4.74 Å². The number of rotatable bonds is 4. The Morgan fingerprint density at radius 1 is 1.18 bits per heavy atom. The SMILES string of the molecule is Cc1c(N)cccc1OCCc1ccccn1. The third-order valence-electron chi connectivity index (χ3n) is 2.67. The maximum atomic E-state index is 5.81. The lowest BCUT2D eigenvalue weighted by atomic mass is 10.2. The van der Waals surface area contributed by atoms with Crippen LogP contribution >= 0.6 is 0 Å². The first kappa shape index (κ1) is 11.5. The quantitative estimate of drug-likeness (QED) is 0.818. The molecule has 0 spiro atoms. The maximum Gasteiger partial charge on any atom is 0.124 e. The molecule has 1 aromatic heterocycles. The van der Waals surface area contributed by atoms with Gasteiger partial charge in [-0.25, -0.2) is 0 Å². The van der Waals surface area contributed by atoms with E-state index >= 15 is 0 Å². The van der Waals surface area contributed by atoms with Gasteiger partial charge in [0.2, 0.25) is 0 Å². The number of pyridine rings is 1. The van der Waals surface area contributed by atoms with Gasteiger partial charge in [-0.15, -0.1) is 0 Å². The van der Waals surface area contributed by atoms with Crippen molar-refractivity contribution in [2.45, 2.75) is 13.3 Å². The van der Waals surface area contributed by atoms with Gasteiger partial charge in [0.05, 0.1) is 6.61 Å². The molecular formula is C14H16N2O. The van der Waals surface area contributed by atoms with Gasteiger partial charge in [-0.05, 0) is 31.2 Å². The zero-order chi connectivity index (χ0) is 12.1. The third-order valence-corrected chi connectivity index (χ3v) is 2.67.